The first kappa shape index (κ1) is 22.3. The fourth-order valence-electron chi connectivity index (χ4n) is 2.43. The molecule has 0 heterocycles. The zero-order valence-corrected chi connectivity index (χ0v) is 16.7. The predicted octanol–water partition coefficient (Wildman–Crippen LogP) is 3.12. The first-order chi connectivity index (χ1) is 13.7. The number of aromatic hydroxyl groups is 2. The molecular formula is C20H26O9. The van der Waals surface area contributed by atoms with E-state index in [1.54, 1.807) is 13.8 Å². The molecule has 9 nitrogen and oxygen atoms in total. The lowest BCUT2D eigenvalue weighted by molar-refractivity contribution is -0.00254. The van der Waals surface area contributed by atoms with Gasteiger partial charge in [-0.1, -0.05) is 0 Å². The first-order valence-corrected chi connectivity index (χ1v) is 9.12. The minimum atomic E-state index is -1.16. The fourth-order valence-corrected chi connectivity index (χ4v) is 2.43. The van der Waals surface area contributed by atoms with Crippen LogP contribution in [0.25, 0.3) is 0 Å². The molecule has 2 aromatic rings. The zero-order chi connectivity index (χ0) is 21.6. The van der Waals surface area contributed by atoms with E-state index in [1.807, 2.05) is 0 Å². The standard InChI is InChI=1S/C20H26O9/c1-5-25-17-7-13(23)15(27-11(3)21)9-19(17)29-20-10-16(28-12(4)22)14(24)8-18(20)26-6-2/h7-12,21-24H,5-6H2,1-4H3. The lowest BCUT2D eigenvalue weighted by Gasteiger charge is -2.19. The van der Waals surface area contributed by atoms with Crippen LogP contribution in [0.1, 0.15) is 27.7 Å². The quantitative estimate of drug-likeness (QED) is 0.437. The van der Waals surface area contributed by atoms with Gasteiger partial charge in [0.15, 0.2) is 58.6 Å². The molecule has 0 saturated heterocycles. The first-order valence-electron chi connectivity index (χ1n) is 9.12. The lowest BCUT2D eigenvalue weighted by Crippen LogP contribution is -2.10. The van der Waals surface area contributed by atoms with Crippen molar-refractivity contribution in [2.45, 2.75) is 40.3 Å². The number of hydrogen-bond donors (Lipinski definition) is 4. The average Bonchev–Trinajstić information content (AvgIpc) is 2.62. The Labute approximate surface area is 168 Å². The van der Waals surface area contributed by atoms with Gasteiger partial charge in [0.05, 0.1) is 13.2 Å². The molecule has 4 N–H and O–H groups in total. The highest BCUT2D eigenvalue weighted by molar-refractivity contribution is 5.59. The summed E-state index contributed by atoms with van der Waals surface area (Å²) in [6.07, 6.45) is -2.32. The van der Waals surface area contributed by atoms with Crippen LogP contribution in [-0.4, -0.2) is 46.2 Å². The molecule has 160 valence electrons. The number of hydrogen-bond acceptors (Lipinski definition) is 9. The number of aliphatic hydroxyl groups is 2. The van der Waals surface area contributed by atoms with E-state index in [2.05, 4.69) is 0 Å². The Balaban J connectivity index is 2.51. The average molecular weight is 410 g/mol. The van der Waals surface area contributed by atoms with E-state index in [0.717, 1.165) is 0 Å². The number of benzene rings is 2. The minimum absolute atomic E-state index is 0.0179. The third kappa shape index (κ3) is 5.97. The van der Waals surface area contributed by atoms with E-state index >= 15 is 0 Å². The highest BCUT2D eigenvalue weighted by atomic mass is 16.6. The van der Waals surface area contributed by atoms with Gasteiger partial charge in [-0.05, 0) is 27.7 Å². The second kappa shape index (κ2) is 9.94. The molecule has 0 aliphatic rings. The van der Waals surface area contributed by atoms with Gasteiger partial charge in [0.2, 0.25) is 0 Å². The number of phenolic OH excluding ortho intramolecular Hbond substituents is 2. The third-order valence-electron chi connectivity index (χ3n) is 3.47. The molecule has 0 aromatic heterocycles. The Morgan fingerprint density at radius 2 is 1.03 bits per heavy atom. The summed E-state index contributed by atoms with van der Waals surface area (Å²) in [6, 6.07) is 5.30. The van der Waals surface area contributed by atoms with Gasteiger partial charge in [0.1, 0.15) is 0 Å². The number of aliphatic hydroxyl groups excluding tert-OH is 2. The third-order valence-corrected chi connectivity index (χ3v) is 3.47. The summed E-state index contributed by atoms with van der Waals surface area (Å²) in [7, 11) is 0. The Kier molecular flexibility index (Phi) is 7.63. The molecule has 2 rings (SSSR count). The van der Waals surface area contributed by atoms with Gasteiger partial charge < -0.3 is 44.1 Å². The Morgan fingerprint density at radius 1 is 0.655 bits per heavy atom. The molecule has 2 atom stereocenters. The molecule has 0 amide bonds. The topological polar surface area (TPSA) is 127 Å². The number of phenols is 2. The van der Waals surface area contributed by atoms with Crippen molar-refractivity contribution in [3.05, 3.63) is 24.3 Å². The summed E-state index contributed by atoms with van der Waals surface area (Å²) in [5, 5.41) is 39.1. The lowest BCUT2D eigenvalue weighted by atomic mass is 10.2. The van der Waals surface area contributed by atoms with Crippen LogP contribution in [0.2, 0.25) is 0 Å². The van der Waals surface area contributed by atoms with Crippen molar-refractivity contribution >= 4 is 0 Å². The van der Waals surface area contributed by atoms with Crippen molar-refractivity contribution in [3.63, 3.8) is 0 Å². The van der Waals surface area contributed by atoms with E-state index in [0.29, 0.717) is 13.2 Å². The maximum atomic E-state index is 10.1. The number of rotatable bonds is 10. The zero-order valence-electron chi connectivity index (χ0n) is 16.7. The number of ether oxygens (including phenoxy) is 5. The summed E-state index contributed by atoms with van der Waals surface area (Å²) in [5.41, 5.74) is 0. The van der Waals surface area contributed by atoms with Crippen LogP contribution in [0.15, 0.2) is 24.3 Å². The molecule has 2 aromatic carbocycles. The summed E-state index contributed by atoms with van der Waals surface area (Å²) in [4.78, 5) is 0. The molecule has 0 aliphatic carbocycles. The van der Waals surface area contributed by atoms with E-state index in [1.165, 1.54) is 38.1 Å². The van der Waals surface area contributed by atoms with Gasteiger partial charge in [-0.2, -0.15) is 0 Å². The van der Waals surface area contributed by atoms with E-state index in [4.69, 9.17) is 23.7 Å². The van der Waals surface area contributed by atoms with Crippen molar-refractivity contribution < 1.29 is 44.1 Å². The Hall–Kier alpha value is -3.04. The minimum Gasteiger partial charge on any atom is -0.504 e. The summed E-state index contributed by atoms with van der Waals surface area (Å²) < 4.78 is 27.3. The van der Waals surface area contributed by atoms with Gasteiger partial charge in [-0.3, -0.25) is 0 Å². The molecule has 0 radical (unpaired) electrons. The van der Waals surface area contributed by atoms with Gasteiger partial charge in [0.25, 0.3) is 0 Å². The van der Waals surface area contributed by atoms with Crippen molar-refractivity contribution in [1.82, 2.24) is 0 Å². The van der Waals surface area contributed by atoms with Crippen molar-refractivity contribution in [2.75, 3.05) is 13.2 Å². The predicted molar refractivity (Wildman–Crippen MR) is 103 cm³/mol. The maximum absolute atomic E-state index is 10.1. The Bertz CT molecular complexity index is 751. The van der Waals surface area contributed by atoms with E-state index < -0.39 is 12.6 Å². The normalized spacial score (nSPS) is 12.8. The molecule has 0 aliphatic heterocycles. The van der Waals surface area contributed by atoms with Gasteiger partial charge in [0, 0.05) is 24.3 Å². The molecule has 9 heteroatoms. The van der Waals surface area contributed by atoms with Crippen molar-refractivity contribution in [3.8, 4) is 46.0 Å². The molecule has 0 bridgehead atoms. The molecular weight excluding hydrogens is 384 g/mol. The smallest absolute Gasteiger partial charge is 0.194 e. The van der Waals surface area contributed by atoms with Crippen LogP contribution in [0.5, 0.6) is 46.0 Å². The fraction of sp³-hybridized carbons (Fsp3) is 0.400. The highest BCUT2D eigenvalue weighted by Gasteiger charge is 2.19. The molecule has 0 spiro atoms. The molecule has 0 fully saturated rings. The van der Waals surface area contributed by atoms with Crippen molar-refractivity contribution in [2.24, 2.45) is 0 Å². The largest absolute Gasteiger partial charge is 0.504 e. The van der Waals surface area contributed by atoms with Crippen molar-refractivity contribution in [1.29, 1.82) is 0 Å². The second-order valence-corrected chi connectivity index (χ2v) is 5.94. The maximum Gasteiger partial charge on any atom is 0.194 e. The monoisotopic (exact) mass is 410 g/mol. The SMILES string of the molecule is CCOc1cc(O)c(OC(C)O)cc1Oc1cc(OC(C)O)c(O)cc1OCC. The Morgan fingerprint density at radius 3 is 1.34 bits per heavy atom. The molecule has 0 saturated carbocycles. The van der Waals surface area contributed by atoms with Crippen LogP contribution in [-0.2, 0) is 0 Å². The van der Waals surface area contributed by atoms with Gasteiger partial charge in [-0.15, -0.1) is 0 Å². The van der Waals surface area contributed by atoms with E-state index in [9.17, 15) is 20.4 Å². The van der Waals surface area contributed by atoms with Crippen LogP contribution in [0.3, 0.4) is 0 Å². The highest BCUT2D eigenvalue weighted by Crippen LogP contribution is 2.46. The van der Waals surface area contributed by atoms with Crippen LogP contribution in [0.4, 0.5) is 0 Å². The summed E-state index contributed by atoms with van der Waals surface area (Å²) in [6.45, 7) is 6.92. The van der Waals surface area contributed by atoms with Gasteiger partial charge in [-0.25, -0.2) is 0 Å². The van der Waals surface area contributed by atoms with Crippen LogP contribution >= 0.6 is 0 Å². The second-order valence-electron chi connectivity index (χ2n) is 5.94. The summed E-state index contributed by atoms with van der Waals surface area (Å²) >= 11 is 0. The molecule has 2 unspecified atom stereocenters. The molecule has 29 heavy (non-hydrogen) atoms. The van der Waals surface area contributed by atoms with Crippen LogP contribution < -0.4 is 23.7 Å². The summed E-state index contributed by atoms with van der Waals surface area (Å²) in [5.74, 6) is 0.246. The van der Waals surface area contributed by atoms with Crippen LogP contribution in [0, 0.1) is 0 Å². The van der Waals surface area contributed by atoms with Gasteiger partial charge >= 0.3 is 0 Å². The van der Waals surface area contributed by atoms with E-state index in [-0.39, 0.29) is 46.0 Å².